The summed E-state index contributed by atoms with van der Waals surface area (Å²) in [5.41, 5.74) is 5.60. The number of hydrogen-bond acceptors (Lipinski definition) is 8. The zero-order valence-corrected chi connectivity index (χ0v) is 28.0. The molecule has 1 atom stereocenters. The molecule has 0 radical (unpaired) electrons. The van der Waals surface area contributed by atoms with Gasteiger partial charge in [-0.3, -0.25) is 4.90 Å². The number of benzene rings is 3. The fourth-order valence-corrected chi connectivity index (χ4v) is 6.29. The summed E-state index contributed by atoms with van der Waals surface area (Å²) in [5.74, 6) is 1.79. The third-order valence-corrected chi connectivity index (χ3v) is 8.48. The topological polar surface area (TPSA) is 111 Å². The average Bonchev–Trinajstić information content (AvgIpc) is 3.69. The van der Waals surface area contributed by atoms with E-state index in [-0.39, 0.29) is 12.5 Å². The molecule has 3 aromatic carbocycles. The van der Waals surface area contributed by atoms with E-state index in [1.807, 2.05) is 24.0 Å². The fourth-order valence-electron chi connectivity index (χ4n) is 5.31. The quantitative estimate of drug-likeness (QED) is 0.189. The molecular weight excluding hydrogens is 635 g/mol. The van der Waals surface area contributed by atoms with Crippen LogP contribution in [0.2, 0.25) is 0 Å². The number of alkyl halides is 1. The highest BCUT2D eigenvalue weighted by atomic mass is 32.2. The number of amidine groups is 1. The van der Waals surface area contributed by atoms with Gasteiger partial charge in [0.25, 0.3) is 0 Å². The van der Waals surface area contributed by atoms with Crippen LogP contribution in [0.25, 0.3) is 17.1 Å². The van der Waals surface area contributed by atoms with E-state index in [1.165, 1.54) is 11.8 Å². The number of carbonyl (C=O) groups excluding carboxylic acids is 2. The molecule has 48 heavy (non-hydrogen) atoms. The number of halogens is 1. The maximum absolute atomic E-state index is 13.2. The molecule has 248 valence electrons. The minimum atomic E-state index is -0.937. The highest BCUT2D eigenvalue weighted by Crippen LogP contribution is 2.43. The Morgan fingerprint density at radius 2 is 1.83 bits per heavy atom. The maximum atomic E-state index is 13.2. The van der Waals surface area contributed by atoms with E-state index in [0.717, 1.165) is 38.8 Å². The highest BCUT2D eigenvalue weighted by Gasteiger charge is 2.34. The van der Waals surface area contributed by atoms with Crippen LogP contribution in [0.3, 0.4) is 0 Å². The number of hydroxylamine groups is 2. The number of hydrogen-bond donors (Lipinski definition) is 0. The molecule has 6 rings (SSSR count). The number of nitrogens with zero attached hydrogens (tertiary/aromatic N) is 6. The zero-order chi connectivity index (χ0) is 34.0. The second kappa shape index (κ2) is 13.5. The van der Waals surface area contributed by atoms with Gasteiger partial charge in [0.15, 0.2) is 11.0 Å². The predicted octanol–water partition coefficient (Wildman–Crippen LogP) is 7.95. The molecule has 4 aromatic rings. The Morgan fingerprint density at radius 3 is 2.54 bits per heavy atom. The Balaban J connectivity index is 1.18. The van der Waals surface area contributed by atoms with Gasteiger partial charge in [-0.25, -0.2) is 23.6 Å². The lowest BCUT2D eigenvalue weighted by atomic mass is 9.93. The van der Waals surface area contributed by atoms with Gasteiger partial charge in [0.05, 0.1) is 17.9 Å². The van der Waals surface area contributed by atoms with Crippen molar-refractivity contribution in [2.45, 2.75) is 52.7 Å². The van der Waals surface area contributed by atoms with Crippen LogP contribution in [0.4, 0.5) is 19.7 Å². The molecule has 0 saturated carbocycles. The van der Waals surface area contributed by atoms with Crippen molar-refractivity contribution in [3.8, 4) is 22.8 Å². The van der Waals surface area contributed by atoms with Gasteiger partial charge in [0.2, 0.25) is 6.86 Å². The molecule has 0 spiro atoms. The maximum Gasteiger partial charge on any atom is 0.460 e. The van der Waals surface area contributed by atoms with Crippen LogP contribution in [0.1, 0.15) is 50.3 Å². The molecule has 0 N–H and O–H groups in total. The van der Waals surface area contributed by atoms with Crippen LogP contribution in [0.5, 0.6) is 5.75 Å². The van der Waals surface area contributed by atoms with E-state index < -0.39 is 24.6 Å². The Kier molecular flexibility index (Phi) is 9.22. The number of amides is 2. The molecule has 1 fully saturated rings. The van der Waals surface area contributed by atoms with Crippen molar-refractivity contribution in [3.05, 3.63) is 102 Å². The van der Waals surface area contributed by atoms with Crippen LogP contribution in [0.15, 0.2) is 89.8 Å². The summed E-state index contributed by atoms with van der Waals surface area (Å²) in [6.07, 6.45) is 1.99. The van der Waals surface area contributed by atoms with Crippen molar-refractivity contribution in [2.75, 3.05) is 17.5 Å². The average molecular weight is 671 g/mol. The standard InChI is InChI=1S/C35H35FN6O5S/c1-22-6-15-29-23(2)17-27-19-48-32(42(27)30(29)16-22)38-33(43)47-41(34(44)46-35(3,4)5)18-24-7-9-25(10-8-24)31-37-21-40(39-31)26-11-13-28(14-12-26)45-20-36/h6-17,21,23H,18-20H2,1-5H3/b38-32-. The van der Waals surface area contributed by atoms with Crippen LogP contribution < -0.4 is 9.64 Å². The minimum absolute atomic E-state index is 0.0808. The van der Waals surface area contributed by atoms with E-state index >= 15 is 0 Å². The van der Waals surface area contributed by atoms with Gasteiger partial charge >= 0.3 is 12.2 Å². The van der Waals surface area contributed by atoms with Crippen molar-refractivity contribution in [3.63, 3.8) is 0 Å². The fraction of sp³-hybridized carbons (Fsp3) is 0.286. The monoisotopic (exact) mass is 670 g/mol. The molecule has 2 amide bonds. The smallest absolute Gasteiger partial charge is 0.460 e. The summed E-state index contributed by atoms with van der Waals surface area (Å²) in [5, 5.41) is 5.90. The molecule has 13 heteroatoms. The lowest BCUT2D eigenvalue weighted by Gasteiger charge is -2.30. The molecule has 0 aliphatic carbocycles. The van der Waals surface area contributed by atoms with Gasteiger partial charge in [-0.15, -0.1) is 15.2 Å². The zero-order valence-electron chi connectivity index (χ0n) is 27.2. The Hall–Kier alpha value is -5.17. The van der Waals surface area contributed by atoms with Crippen molar-refractivity contribution in [1.29, 1.82) is 0 Å². The Bertz CT molecular complexity index is 1880. The van der Waals surface area contributed by atoms with Gasteiger partial charge < -0.3 is 14.3 Å². The van der Waals surface area contributed by atoms with Gasteiger partial charge in [0.1, 0.15) is 17.7 Å². The first-order chi connectivity index (χ1) is 23.0. The summed E-state index contributed by atoms with van der Waals surface area (Å²) < 4.78 is 24.4. The molecule has 11 nitrogen and oxygen atoms in total. The molecule has 2 aliphatic rings. The molecular formula is C35H35FN6O5S. The minimum Gasteiger partial charge on any atom is -0.463 e. The van der Waals surface area contributed by atoms with Gasteiger partial charge in [-0.2, -0.15) is 0 Å². The van der Waals surface area contributed by atoms with E-state index in [4.69, 9.17) is 14.3 Å². The number of fused-ring (bicyclic) bond motifs is 3. The van der Waals surface area contributed by atoms with Crippen molar-refractivity contribution in [2.24, 2.45) is 4.99 Å². The largest absolute Gasteiger partial charge is 0.463 e. The number of anilines is 1. The number of aliphatic imine (C=N–C) groups is 1. The lowest BCUT2D eigenvalue weighted by molar-refractivity contribution is -0.103. The molecule has 1 aromatic heterocycles. The van der Waals surface area contributed by atoms with Gasteiger partial charge in [-0.05, 0) is 74.7 Å². The number of rotatable bonds is 6. The van der Waals surface area contributed by atoms with Crippen LogP contribution in [-0.4, -0.2) is 55.4 Å². The summed E-state index contributed by atoms with van der Waals surface area (Å²) in [4.78, 5) is 42.6. The Morgan fingerprint density at radius 1 is 1.08 bits per heavy atom. The first-order valence-electron chi connectivity index (χ1n) is 15.3. The van der Waals surface area contributed by atoms with Crippen molar-refractivity contribution in [1.82, 2.24) is 19.8 Å². The van der Waals surface area contributed by atoms with Crippen molar-refractivity contribution < 1.29 is 28.3 Å². The van der Waals surface area contributed by atoms with E-state index in [2.05, 4.69) is 46.3 Å². The molecule has 0 bridgehead atoms. The second-order valence-electron chi connectivity index (χ2n) is 12.4. The SMILES string of the molecule is Cc1ccc2c(c1)N1C(=CC2C)CS/C1=N\C(=O)ON(Cc1ccc(-c2ncn(-c3ccc(OCF)cc3)n2)cc1)C(=O)OC(C)(C)C. The van der Waals surface area contributed by atoms with Crippen LogP contribution in [0, 0.1) is 6.92 Å². The molecule has 3 heterocycles. The van der Waals surface area contributed by atoms with Gasteiger partial charge in [0, 0.05) is 22.9 Å². The normalized spacial score (nSPS) is 16.2. The number of ether oxygens (including phenoxy) is 2. The third kappa shape index (κ3) is 7.36. The number of aryl methyl sites for hydroxylation is 1. The van der Waals surface area contributed by atoms with Gasteiger partial charge in [-0.1, -0.05) is 61.2 Å². The van der Waals surface area contributed by atoms with E-state index in [0.29, 0.717) is 28.1 Å². The summed E-state index contributed by atoms with van der Waals surface area (Å²) in [7, 11) is 0. The van der Waals surface area contributed by atoms with Crippen LogP contribution in [-0.2, 0) is 16.1 Å². The molecule has 2 aliphatic heterocycles. The third-order valence-electron chi connectivity index (χ3n) is 7.51. The van der Waals surface area contributed by atoms with E-state index in [1.54, 1.807) is 68.2 Å². The highest BCUT2D eigenvalue weighted by molar-refractivity contribution is 8.14. The molecule has 1 unspecified atom stereocenters. The summed E-state index contributed by atoms with van der Waals surface area (Å²) >= 11 is 1.44. The van der Waals surface area contributed by atoms with E-state index in [9.17, 15) is 14.0 Å². The van der Waals surface area contributed by atoms with Crippen LogP contribution >= 0.6 is 11.8 Å². The number of carbonyl (C=O) groups is 2. The summed E-state index contributed by atoms with van der Waals surface area (Å²) in [6.45, 7) is 8.39. The summed E-state index contributed by atoms with van der Waals surface area (Å²) in [6, 6.07) is 20.2. The predicted molar refractivity (Wildman–Crippen MR) is 182 cm³/mol. The second-order valence-corrected chi connectivity index (χ2v) is 13.3. The molecule has 1 saturated heterocycles. The van der Waals surface area contributed by atoms with Crippen molar-refractivity contribution >= 4 is 34.8 Å². The number of aromatic nitrogens is 3. The number of allylic oxidation sites excluding steroid dienone is 1. The Labute approximate surface area is 282 Å². The first kappa shape index (κ1) is 32.8. The number of thioether (sulfide) groups is 1. The lowest BCUT2D eigenvalue weighted by Crippen LogP contribution is -2.37. The first-order valence-corrected chi connectivity index (χ1v) is 16.3.